The summed E-state index contributed by atoms with van der Waals surface area (Å²) in [5.41, 5.74) is 3.40. The van der Waals surface area contributed by atoms with Crippen molar-refractivity contribution in [1.82, 2.24) is 9.78 Å². The first-order valence-corrected chi connectivity index (χ1v) is 7.07. The van der Waals surface area contributed by atoms with Gasteiger partial charge in [0, 0.05) is 17.1 Å². The molecule has 0 unspecified atom stereocenters. The second kappa shape index (κ2) is 4.94. The number of halogens is 2. The number of benzene rings is 1. The van der Waals surface area contributed by atoms with Crippen molar-refractivity contribution in [3.63, 3.8) is 0 Å². The first-order valence-electron chi connectivity index (χ1n) is 5.49. The van der Waals surface area contributed by atoms with E-state index in [1.165, 1.54) is 5.56 Å². The number of aryl methyl sites for hydroxylation is 1. The number of rotatable bonds is 2. The molecule has 0 radical (unpaired) electrons. The summed E-state index contributed by atoms with van der Waals surface area (Å²) in [7, 11) is 1.98. The maximum Gasteiger partial charge on any atom is 0.0824 e. The molecule has 0 aliphatic heterocycles. The molecular formula is C13H14Br2N2. The summed E-state index contributed by atoms with van der Waals surface area (Å²) in [4.78, 5) is 0. The van der Waals surface area contributed by atoms with Gasteiger partial charge in [-0.05, 0) is 34.0 Å². The van der Waals surface area contributed by atoms with Crippen molar-refractivity contribution in [2.75, 3.05) is 0 Å². The number of hydrogen-bond donors (Lipinski definition) is 0. The molecule has 4 heteroatoms. The fourth-order valence-corrected chi connectivity index (χ4v) is 3.10. The van der Waals surface area contributed by atoms with Crippen LogP contribution in [-0.4, -0.2) is 9.78 Å². The highest BCUT2D eigenvalue weighted by molar-refractivity contribution is 9.10. The van der Waals surface area contributed by atoms with Crippen LogP contribution in [0.25, 0.3) is 11.3 Å². The Bertz CT molecular complexity index is 527. The van der Waals surface area contributed by atoms with Gasteiger partial charge in [0.2, 0.25) is 0 Å². The second-order valence-electron chi connectivity index (χ2n) is 4.33. The quantitative estimate of drug-likeness (QED) is 0.759. The van der Waals surface area contributed by atoms with E-state index in [9.17, 15) is 0 Å². The largest absolute Gasteiger partial charge is 0.266 e. The van der Waals surface area contributed by atoms with Crippen molar-refractivity contribution in [2.24, 2.45) is 7.05 Å². The highest BCUT2D eigenvalue weighted by Gasteiger charge is 2.17. The molecule has 0 saturated carbocycles. The molecule has 2 nitrogen and oxygen atoms in total. The number of hydrogen-bond acceptors (Lipinski definition) is 1. The Balaban J connectivity index is 2.56. The minimum Gasteiger partial charge on any atom is -0.266 e. The van der Waals surface area contributed by atoms with Crippen molar-refractivity contribution < 1.29 is 0 Å². The Labute approximate surface area is 118 Å². The zero-order valence-electron chi connectivity index (χ0n) is 10.0. The maximum absolute atomic E-state index is 4.57. The third kappa shape index (κ3) is 2.47. The topological polar surface area (TPSA) is 17.8 Å². The van der Waals surface area contributed by atoms with E-state index in [1.54, 1.807) is 0 Å². The van der Waals surface area contributed by atoms with Crippen LogP contribution in [0.2, 0.25) is 0 Å². The number of aromatic nitrogens is 2. The summed E-state index contributed by atoms with van der Waals surface area (Å²) >= 11 is 7.11. The molecule has 2 aromatic rings. The summed E-state index contributed by atoms with van der Waals surface area (Å²) in [6, 6.07) is 8.28. The predicted octanol–water partition coefficient (Wildman–Crippen LogP) is 4.74. The Morgan fingerprint density at radius 3 is 2.18 bits per heavy atom. The van der Waals surface area contributed by atoms with Gasteiger partial charge in [-0.15, -0.1) is 0 Å². The van der Waals surface area contributed by atoms with E-state index in [-0.39, 0.29) is 0 Å². The molecule has 90 valence electrons. The van der Waals surface area contributed by atoms with Gasteiger partial charge < -0.3 is 0 Å². The average Bonchev–Trinajstić information content (AvgIpc) is 2.56. The SMILES string of the molecule is CC(C)c1nn(C)c(-c2ccc(Br)cc2)c1Br. The van der Waals surface area contributed by atoms with E-state index < -0.39 is 0 Å². The van der Waals surface area contributed by atoms with Gasteiger partial charge in [-0.25, -0.2) is 0 Å². The van der Waals surface area contributed by atoms with Gasteiger partial charge >= 0.3 is 0 Å². The number of nitrogens with zero attached hydrogens (tertiary/aromatic N) is 2. The van der Waals surface area contributed by atoms with E-state index in [0.29, 0.717) is 5.92 Å². The molecule has 0 spiro atoms. The van der Waals surface area contributed by atoms with E-state index in [2.05, 4.69) is 62.9 Å². The molecule has 1 aromatic heterocycles. The van der Waals surface area contributed by atoms with Crippen LogP contribution in [-0.2, 0) is 7.05 Å². The molecule has 0 aliphatic carbocycles. The molecule has 1 aromatic carbocycles. The first-order chi connectivity index (χ1) is 8.00. The summed E-state index contributed by atoms with van der Waals surface area (Å²) in [6.45, 7) is 4.30. The van der Waals surface area contributed by atoms with Gasteiger partial charge in [0.15, 0.2) is 0 Å². The Morgan fingerprint density at radius 2 is 1.71 bits per heavy atom. The maximum atomic E-state index is 4.57. The lowest BCUT2D eigenvalue weighted by molar-refractivity contribution is 0.717. The van der Waals surface area contributed by atoms with Gasteiger partial charge in [0.25, 0.3) is 0 Å². The molecule has 1 heterocycles. The third-order valence-corrected chi connectivity index (χ3v) is 3.99. The monoisotopic (exact) mass is 356 g/mol. The molecule has 0 saturated heterocycles. The van der Waals surface area contributed by atoms with Gasteiger partial charge in [0.05, 0.1) is 15.9 Å². The third-order valence-electron chi connectivity index (χ3n) is 2.68. The lowest BCUT2D eigenvalue weighted by Crippen LogP contribution is -1.95. The van der Waals surface area contributed by atoms with Crippen molar-refractivity contribution in [3.05, 3.63) is 38.9 Å². The molecule has 0 atom stereocenters. The van der Waals surface area contributed by atoms with Gasteiger partial charge in [-0.2, -0.15) is 5.10 Å². The van der Waals surface area contributed by atoms with Crippen LogP contribution in [0.5, 0.6) is 0 Å². The standard InChI is InChI=1S/C13H14Br2N2/c1-8(2)12-11(15)13(17(3)16-12)9-4-6-10(14)7-5-9/h4-8H,1-3H3. The summed E-state index contributed by atoms with van der Waals surface area (Å²) in [5.74, 6) is 0.416. The van der Waals surface area contributed by atoms with Crippen molar-refractivity contribution >= 4 is 31.9 Å². The molecular weight excluding hydrogens is 344 g/mol. The van der Waals surface area contributed by atoms with Crippen LogP contribution in [0, 0.1) is 0 Å². The minimum atomic E-state index is 0.416. The van der Waals surface area contributed by atoms with Gasteiger partial charge in [-0.3, -0.25) is 4.68 Å². The zero-order chi connectivity index (χ0) is 12.6. The van der Waals surface area contributed by atoms with Gasteiger partial charge in [0.1, 0.15) is 0 Å². The smallest absolute Gasteiger partial charge is 0.0824 e. The van der Waals surface area contributed by atoms with Crippen LogP contribution in [0.1, 0.15) is 25.5 Å². The first kappa shape index (κ1) is 12.8. The normalized spacial score (nSPS) is 11.2. The molecule has 0 N–H and O–H groups in total. The predicted molar refractivity (Wildman–Crippen MR) is 78.1 cm³/mol. The molecule has 0 aliphatic rings. The van der Waals surface area contributed by atoms with Crippen LogP contribution >= 0.6 is 31.9 Å². The van der Waals surface area contributed by atoms with Crippen molar-refractivity contribution in [3.8, 4) is 11.3 Å². The zero-order valence-corrected chi connectivity index (χ0v) is 13.2. The van der Waals surface area contributed by atoms with Crippen LogP contribution in [0.3, 0.4) is 0 Å². The molecule has 2 rings (SSSR count). The summed E-state index contributed by atoms with van der Waals surface area (Å²) in [6.07, 6.45) is 0. The van der Waals surface area contributed by atoms with E-state index in [4.69, 9.17) is 0 Å². The van der Waals surface area contributed by atoms with Crippen LogP contribution < -0.4 is 0 Å². The fourth-order valence-electron chi connectivity index (χ4n) is 1.81. The Hall–Kier alpha value is -0.610. The molecule has 0 amide bonds. The average molecular weight is 358 g/mol. The summed E-state index contributed by atoms with van der Waals surface area (Å²) in [5, 5.41) is 4.57. The highest BCUT2D eigenvalue weighted by atomic mass is 79.9. The fraction of sp³-hybridized carbons (Fsp3) is 0.308. The molecule has 0 fully saturated rings. The Kier molecular flexibility index (Phi) is 3.73. The van der Waals surface area contributed by atoms with E-state index in [0.717, 1.165) is 20.3 Å². The van der Waals surface area contributed by atoms with Crippen molar-refractivity contribution in [2.45, 2.75) is 19.8 Å². The lowest BCUT2D eigenvalue weighted by atomic mass is 10.1. The Morgan fingerprint density at radius 1 is 1.12 bits per heavy atom. The van der Waals surface area contributed by atoms with Crippen molar-refractivity contribution in [1.29, 1.82) is 0 Å². The minimum absolute atomic E-state index is 0.416. The molecule has 0 bridgehead atoms. The van der Waals surface area contributed by atoms with Gasteiger partial charge in [-0.1, -0.05) is 41.9 Å². The highest BCUT2D eigenvalue weighted by Crippen LogP contribution is 2.34. The van der Waals surface area contributed by atoms with Crippen LogP contribution in [0.15, 0.2) is 33.2 Å². The van der Waals surface area contributed by atoms with E-state index >= 15 is 0 Å². The summed E-state index contributed by atoms with van der Waals surface area (Å²) < 4.78 is 4.11. The second-order valence-corrected chi connectivity index (χ2v) is 6.04. The lowest BCUT2D eigenvalue weighted by Gasteiger charge is -2.03. The van der Waals surface area contributed by atoms with Crippen LogP contribution in [0.4, 0.5) is 0 Å². The molecule has 17 heavy (non-hydrogen) atoms. The van der Waals surface area contributed by atoms with E-state index in [1.807, 2.05) is 23.9 Å².